The lowest BCUT2D eigenvalue weighted by Gasteiger charge is -2.20. The van der Waals surface area contributed by atoms with Crippen molar-refractivity contribution in [3.63, 3.8) is 0 Å². The van der Waals surface area contributed by atoms with Gasteiger partial charge in [-0.1, -0.05) is 49.0 Å². The molecule has 1 aromatic rings. The van der Waals surface area contributed by atoms with Gasteiger partial charge in [-0.15, -0.1) is 0 Å². The minimum atomic E-state index is -0.156. The minimum absolute atomic E-state index is 0.0771. The van der Waals surface area contributed by atoms with E-state index in [0.29, 0.717) is 11.5 Å². The van der Waals surface area contributed by atoms with Crippen LogP contribution in [0.5, 0.6) is 0 Å². The quantitative estimate of drug-likeness (QED) is 0.737. The summed E-state index contributed by atoms with van der Waals surface area (Å²) in [7, 11) is 0. The summed E-state index contributed by atoms with van der Waals surface area (Å²) in [6.07, 6.45) is 2.98. The number of thiocarbonyl (C=S) groups is 1. The number of nitrogens with one attached hydrogen (secondary N) is 2. The first kappa shape index (κ1) is 13.8. The topological polar surface area (TPSA) is 67.1 Å². The molecule has 0 heterocycles. The van der Waals surface area contributed by atoms with Gasteiger partial charge in [-0.3, -0.25) is 0 Å². The maximum absolute atomic E-state index is 11.8. The normalized spacial score (nSPS) is 21.9. The number of rotatable bonds is 4. The second-order valence-corrected chi connectivity index (χ2v) is 5.33. The van der Waals surface area contributed by atoms with Crippen LogP contribution < -0.4 is 16.4 Å². The molecule has 102 valence electrons. The van der Waals surface area contributed by atoms with E-state index >= 15 is 0 Å². The Kier molecular flexibility index (Phi) is 4.74. The van der Waals surface area contributed by atoms with Crippen molar-refractivity contribution in [2.24, 2.45) is 11.7 Å². The monoisotopic (exact) mass is 277 g/mol. The van der Waals surface area contributed by atoms with Gasteiger partial charge in [-0.25, -0.2) is 4.79 Å². The van der Waals surface area contributed by atoms with Crippen molar-refractivity contribution in [2.45, 2.75) is 31.8 Å². The van der Waals surface area contributed by atoms with Gasteiger partial charge >= 0.3 is 6.03 Å². The molecule has 19 heavy (non-hydrogen) atoms. The summed E-state index contributed by atoms with van der Waals surface area (Å²) in [4.78, 5) is 12.3. The lowest BCUT2D eigenvalue weighted by molar-refractivity contribution is 0.235. The average molecular weight is 277 g/mol. The lowest BCUT2D eigenvalue weighted by atomic mass is 10.0. The molecule has 1 aliphatic carbocycles. The van der Waals surface area contributed by atoms with E-state index in [1.165, 1.54) is 0 Å². The van der Waals surface area contributed by atoms with Gasteiger partial charge in [0.1, 0.15) is 0 Å². The fourth-order valence-corrected chi connectivity index (χ4v) is 2.75. The molecule has 0 aromatic heterocycles. The van der Waals surface area contributed by atoms with Crippen molar-refractivity contribution in [1.29, 1.82) is 0 Å². The molecule has 1 saturated carbocycles. The molecule has 2 rings (SSSR count). The average Bonchev–Trinajstić information content (AvgIpc) is 2.86. The molecule has 2 atom stereocenters. The zero-order valence-corrected chi connectivity index (χ0v) is 11.6. The summed E-state index contributed by atoms with van der Waals surface area (Å²) in [5.74, 6) is 0.137. The van der Waals surface area contributed by atoms with E-state index in [-0.39, 0.29) is 18.0 Å². The van der Waals surface area contributed by atoms with Crippen molar-refractivity contribution in [3.8, 4) is 0 Å². The standard InChI is InChI=1S/C14H19N3OS/c15-13(19)11-7-4-8-12(11)17-14(18)16-9-10-5-2-1-3-6-10/h1-3,5-6,11-12H,4,7-9H2,(H2,15,19)(H2,16,17,18). The van der Waals surface area contributed by atoms with Crippen LogP contribution >= 0.6 is 12.2 Å². The molecule has 0 spiro atoms. The summed E-state index contributed by atoms with van der Waals surface area (Å²) >= 11 is 5.03. The van der Waals surface area contributed by atoms with Crippen molar-refractivity contribution < 1.29 is 4.79 Å². The second-order valence-electron chi connectivity index (χ2n) is 4.86. The van der Waals surface area contributed by atoms with Crippen molar-refractivity contribution in [2.75, 3.05) is 0 Å². The van der Waals surface area contributed by atoms with Gasteiger partial charge in [0.2, 0.25) is 0 Å². The molecule has 2 amide bonds. The van der Waals surface area contributed by atoms with Gasteiger partial charge < -0.3 is 16.4 Å². The zero-order valence-electron chi connectivity index (χ0n) is 10.8. The number of amides is 2. The van der Waals surface area contributed by atoms with Crippen LogP contribution in [-0.2, 0) is 6.54 Å². The van der Waals surface area contributed by atoms with Gasteiger partial charge in [0.15, 0.2) is 0 Å². The molecule has 5 heteroatoms. The Morgan fingerprint density at radius 3 is 2.74 bits per heavy atom. The highest BCUT2D eigenvalue weighted by Gasteiger charge is 2.30. The number of urea groups is 1. The molecule has 0 bridgehead atoms. The summed E-state index contributed by atoms with van der Waals surface area (Å²) in [5, 5.41) is 5.81. The largest absolute Gasteiger partial charge is 0.393 e. The highest BCUT2D eigenvalue weighted by atomic mass is 32.1. The Morgan fingerprint density at radius 2 is 2.05 bits per heavy atom. The van der Waals surface area contributed by atoms with E-state index in [9.17, 15) is 4.79 Å². The molecule has 1 aromatic carbocycles. The van der Waals surface area contributed by atoms with Gasteiger partial charge in [0, 0.05) is 18.5 Å². The Morgan fingerprint density at radius 1 is 1.32 bits per heavy atom. The molecule has 0 aliphatic heterocycles. The summed E-state index contributed by atoms with van der Waals surface area (Å²) < 4.78 is 0. The minimum Gasteiger partial charge on any atom is -0.393 e. The Bertz CT molecular complexity index is 449. The van der Waals surface area contributed by atoms with E-state index in [1.807, 2.05) is 30.3 Å². The highest BCUT2D eigenvalue weighted by Crippen LogP contribution is 2.25. The SMILES string of the molecule is NC(=S)C1CCCC1NC(=O)NCc1ccccc1. The van der Waals surface area contributed by atoms with Crippen LogP contribution in [0.3, 0.4) is 0 Å². The Labute approximate surface area is 118 Å². The predicted octanol–water partition coefficient (Wildman–Crippen LogP) is 1.94. The van der Waals surface area contributed by atoms with E-state index in [1.54, 1.807) is 0 Å². The van der Waals surface area contributed by atoms with Crippen molar-refractivity contribution in [3.05, 3.63) is 35.9 Å². The summed E-state index contributed by atoms with van der Waals surface area (Å²) in [6, 6.07) is 9.74. The van der Waals surface area contributed by atoms with Gasteiger partial charge in [0.05, 0.1) is 4.99 Å². The van der Waals surface area contributed by atoms with Crippen LogP contribution in [0.15, 0.2) is 30.3 Å². The molecule has 1 fully saturated rings. The van der Waals surface area contributed by atoms with E-state index in [2.05, 4.69) is 10.6 Å². The molecular formula is C14H19N3OS. The Hall–Kier alpha value is -1.62. The number of carbonyl (C=O) groups is 1. The molecule has 4 N–H and O–H groups in total. The smallest absolute Gasteiger partial charge is 0.315 e. The van der Waals surface area contributed by atoms with Crippen LogP contribution in [0.1, 0.15) is 24.8 Å². The van der Waals surface area contributed by atoms with Crippen LogP contribution in [0.2, 0.25) is 0 Å². The summed E-state index contributed by atoms with van der Waals surface area (Å²) in [5.41, 5.74) is 6.77. The molecule has 4 nitrogen and oxygen atoms in total. The van der Waals surface area contributed by atoms with Gasteiger partial charge in [-0.2, -0.15) is 0 Å². The van der Waals surface area contributed by atoms with Crippen molar-refractivity contribution in [1.82, 2.24) is 10.6 Å². The summed E-state index contributed by atoms with van der Waals surface area (Å²) in [6.45, 7) is 0.525. The fourth-order valence-electron chi connectivity index (χ4n) is 2.47. The third kappa shape index (κ3) is 3.92. The first-order valence-electron chi connectivity index (χ1n) is 6.54. The number of benzene rings is 1. The third-order valence-electron chi connectivity index (χ3n) is 3.49. The lowest BCUT2D eigenvalue weighted by Crippen LogP contribution is -2.46. The molecule has 0 radical (unpaired) electrons. The van der Waals surface area contributed by atoms with E-state index in [4.69, 9.17) is 18.0 Å². The van der Waals surface area contributed by atoms with Crippen molar-refractivity contribution >= 4 is 23.2 Å². The molecule has 0 saturated heterocycles. The van der Waals surface area contributed by atoms with Crippen LogP contribution in [-0.4, -0.2) is 17.1 Å². The molecule has 1 aliphatic rings. The molecule has 2 unspecified atom stereocenters. The van der Waals surface area contributed by atoms with E-state index in [0.717, 1.165) is 24.8 Å². The van der Waals surface area contributed by atoms with Crippen LogP contribution in [0.25, 0.3) is 0 Å². The number of nitrogens with two attached hydrogens (primary N) is 1. The maximum Gasteiger partial charge on any atom is 0.315 e. The Balaban J connectivity index is 1.80. The molecular weight excluding hydrogens is 258 g/mol. The second kappa shape index (κ2) is 6.52. The number of hydrogen-bond acceptors (Lipinski definition) is 2. The maximum atomic E-state index is 11.8. The number of carbonyl (C=O) groups excluding carboxylic acids is 1. The highest BCUT2D eigenvalue weighted by molar-refractivity contribution is 7.80. The van der Waals surface area contributed by atoms with Gasteiger partial charge in [0.25, 0.3) is 0 Å². The van der Waals surface area contributed by atoms with Gasteiger partial charge in [-0.05, 0) is 18.4 Å². The first-order chi connectivity index (χ1) is 9.16. The zero-order chi connectivity index (χ0) is 13.7. The van der Waals surface area contributed by atoms with E-state index < -0.39 is 0 Å². The number of hydrogen-bond donors (Lipinski definition) is 3. The fraction of sp³-hybridized carbons (Fsp3) is 0.429. The predicted molar refractivity (Wildman–Crippen MR) is 79.7 cm³/mol. The van der Waals surface area contributed by atoms with Crippen LogP contribution in [0.4, 0.5) is 4.79 Å². The van der Waals surface area contributed by atoms with Crippen LogP contribution in [0, 0.1) is 5.92 Å². The third-order valence-corrected chi connectivity index (χ3v) is 3.80. The first-order valence-corrected chi connectivity index (χ1v) is 6.95.